The highest BCUT2D eigenvalue weighted by Crippen LogP contribution is 2.22. The summed E-state index contributed by atoms with van der Waals surface area (Å²) >= 11 is 0. The molecule has 1 aliphatic carbocycles. The van der Waals surface area contributed by atoms with Crippen LogP contribution in [-0.2, 0) is 9.59 Å². The van der Waals surface area contributed by atoms with E-state index in [0.717, 1.165) is 19.3 Å². The second-order valence-electron chi connectivity index (χ2n) is 4.02. The van der Waals surface area contributed by atoms with Gasteiger partial charge in [-0.1, -0.05) is 19.3 Å². The average molecular weight is 182 g/mol. The van der Waals surface area contributed by atoms with Crippen LogP contribution in [0.2, 0.25) is 0 Å². The van der Waals surface area contributed by atoms with E-state index >= 15 is 0 Å². The molecule has 1 aliphatic rings. The molecule has 0 aliphatic heterocycles. The normalized spacial score (nSPS) is 25.0. The lowest BCUT2D eigenvalue weighted by molar-refractivity contribution is -0.127. The highest BCUT2D eigenvalue weighted by Gasteiger charge is 2.20. The fourth-order valence-electron chi connectivity index (χ4n) is 1.97. The molecule has 2 heteroatoms. The van der Waals surface area contributed by atoms with Crippen molar-refractivity contribution in [3.8, 4) is 0 Å². The minimum atomic E-state index is 0.0396. The molecule has 0 bridgehead atoms. The van der Waals surface area contributed by atoms with Crippen LogP contribution in [0.25, 0.3) is 0 Å². The van der Waals surface area contributed by atoms with Gasteiger partial charge in [0.2, 0.25) is 0 Å². The van der Waals surface area contributed by atoms with E-state index in [-0.39, 0.29) is 11.7 Å². The fourth-order valence-corrected chi connectivity index (χ4v) is 1.97. The van der Waals surface area contributed by atoms with Gasteiger partial charge < -0.3 is 4.79 Å². The molecule has 1 atom stereocenters. The summed E-state index contributed by atoms with van der Waals surface area (Å²) in [6.07, 6.45) is 6.63. The summed E-state index contributed by atoms with van der Waals surface area (Å²) in [5.74, 6) is 0.506. The van der Waals surface area contributed by atoms with Crippen molar-refractivity contribution in [2.75, 3.05) is 0 Å². The highest BCUT2D eigenvalue weighted by molar-refractivity contribution is 5.86. The molecule has 13 heavy (non-hydrogen) atoms. The van der Waals surface area contributed by atoms with Crippen molar-refractivity contribution in [2.24, 2.45) is 5.92 Å². The third kappa shape index (κ3) is 3.71. The zero-order chi connectivity index (χ0) is 9.68. The van der Waals surface area contributed by atoms with Crippen LogP contribution in [0.15, 0.2) is 0 Å². The number of hydrogen-bond acceptors (Lipinski definition) is 2. The molecule has 0 heterocycles. The number of carbonyl (C=O) groups is 2. The largest absolute Gasteiger partial charge is 0.300 e. The molecular formula is C11H18O2. The zero-order valence-electron chi connectivity index (χ0n) is 8.34. The third-order valence-electron chi connectivity index (χ3n) is 2.71. The van der Waals surface area contributed by atoms with Crippen LogP contribution >= 0.6 is 0 Å². The molecule has 1 saturated carbocycles. The Labute approximate surface area is 79.7 Å². The Morgan fingerprint density at radius 1 is 1.31 bits per heavy atom. The van der Waals surface area contributed by atoms with Gasteiger partial charge in [0.05, 0.1) is 0 Å². The van der Waals surface area contributed by atoms with Crippen LogP contribution in [0.1, 0.15) is 51.9 Å². The van der Waals surface area contributed by atoms with Gasteiger partial charge in [-0.2, -0.15) is 0 Å². The van der Waals surface area contributed by atoms with Gasteiger partial charge in [0.25, 0.3) is 0 Å². The molecule has 0 radical (unpaired) electrons. The molecule has 0 spiro atoms. The molecule has 2 nitrogen and oxygen atoms in total. The number of Topliss-reactive ketones (excluding diaryl/α,β-unsaturated/α-hetero) is 2. The van der Waals surface area contributed by atoms with Crippen molar-refractivity contribution in [2.45, 2.75) is 51.9 Å². The molecule has 0 aromatic heterocycles. The summed E-state index contributed by atoms with van der Waals surface area (Å²) in [6.45, 7) is 1.58. The van der Waals surface area contributed by atoms with Gasteiger partial charge in [0.15, 0.2) is 0 Å². The van der Waals surface area contributed by atoms with E-state index in [9.17, 15) is 9.59 Å². The van der Waals surface area contributed by atoms with Gasteiger partial charge in [-0.05, 0) is 19.8 Å². The Kier molecular flexibility index (Phi) is 4.13. The Morgan fingerprint density at radius 3 is 2.69 bits per heavy atom. The van der Waals surface area contributed by atoms with Crippen molar-refractivity contribution in [1.29, 1.82) is 0 Å². The maximum absolute atomic E-state index is 11.6. The minimum absolute atomic E-state index is 0.0396. The summed E-state index contributed by atoms with van der Waals surface area (Å²) in [7, 11) is 0. The first kappa shape index (κ1) is 10.4. The first-order chi connectivity index (χ1) is 6.20. The summed E-state index contributed by atoms with van der Waals surface area (Å²) in [5.41, 5.74) is 0. The summed E-state index contributed by atoms with van der Waals surface area (Å²) in [6, 6.07) is 0. The van der Waals surface area contributed by atoms with Gasteiger partial charge in [-0.3, -0.25) is 4.79 Å². The first-order valence-corrected chi connectivity index (χ1v) is 5.22. The molecule has 0 N–H and O–H groups in total. The van der Waals surface area contributed by atoms with Crippen LogP contribution < -0.4 is 0 Å². The van der Waals surface area contributed by atoms with E-state index in [4.69, 9.17) is 0 Å². The van der Waals surface area contributed by atoms with Crippen LogP contribution in [0.5, 0.6) is 0 Å². The molecule has 1 unspecified atom stereocenters. The van der Waals surface area contributed by atoms with E-state index in [1.54, 1.807) is 6.92 Å². The number of hydrogen-bond donors (Lipinski definition) is 0. The Morgan fingerprint density at radius 2 is 2.00 bits per heavy atom. The molecule has 1 rings (SSSR count). The molecular weight excluding hydrogens is 164 g/mol. The van der Waals surface area contributed by atoms with Gasteiger partial charge in [-0.25, -0.2) is 0 Å². The second kappa shape index (κ2) is 5.15. The van der Waals surface area contributed by atoms with E-state index in [1.807, 2.05) is 0 Å². The first-order valence-electron chi connectivity index (χ1n) is 5.22. The van der Waals surface area contributed by atoms with E-state index in [2.05, 4.69) is 0 Å². The number of carbonyl (C=O) groups excluding carboxylic acids is 2. The van der Waals surface area contributed by atoms with E-state index in [0.29, 0.717) is 18.6 Å². The SMILES string of the molecule is CC(=O)CC1CCCCCCC1=O. The Bertz CT molecular complexity index is 196. The van der Waals surface area contributed by atoms with Crippen molar-refractivity contribution in [3.05, 3.63) is 0 Å². The Hall–Kier alpha value is -0.660. The van der Waals surface area contributed by atoms with Crippen LogP contribution in [0.3, 0.4) is 0 Å². The average Bonchev–Trinajstić information content (AvgIpc) is 2.04. The monoisotopic (exact) mass is 182 g/mol. The maximum Gasteiger partial charge on any atom is 0.136 e. The number of ketones is 2. The Balaban J connectivity index is 2.46. The topological polar surface area (TPSA) is 34.1 Å². The summed E-state index contributed by atoms with van der Waals surface area (Å²) in [5, 5.41) is 0. The lowest BCUT2D eigenvalue weighted by Gasteiger charge is -2.16. The molecule has 0 aromatic rings. The predicted octanol–water partition coefficient (Wildman–Crippen LogP) is 2.51. The van der Waals surface area contributed by atoms with Crippen molar-refractivity contribution >= 4 is 11.6 Å². The van der Waals surface area contributed by atoms with Crippen molar-refractivity contribution in [3.63, 3.8) is 0 Å². The van der Waals surface area contributed by atoms with Crippen LogP contribution in [-0.4, -0.2) is 11.6 Å². The van der Waals surface area contributed by atoms with E-state index in [1.165, 1.54) is 12.8 Å². The quantitative estimate of drug-likeness (QED) is 0.657. The molecule has 0 aromatic carbocycles. The summed E-state index contributed by atoms with van der Waals surface area (Å²) < 4.78 is 0. The smallest absolute Gasteiger partial charge is 0.136 e. The fraction of sp³-hybridized carbons (Fsp3) is 0.818. The highest BCUT2D eigenvalue weighted by atomic mass is 16.1. The van der Waals surface area contributed by atoms with Gasteiger partial charge in [0.1, 0.15) is 11.6 Å². The predicted molar refractivity (Wildman–Crippen MR) is 51.5 cm³/mol. The molecule has 1 fully saturated rings. The molecule has 74 valence electrons. The zero-order valence-corrected chi connectivity index (χ0v) is 8.34. The molecule has 0 saturated heterocycles. The minimum Gasteiger partial charge on any atom is -0.300 e. The second-order valence-corrected chi connectivity index (χ2v) is 4.02. The van der Waals surface area contributed by atoms with Gasteiger partial charge in [-0.15, -0.1) is 0 Å². The number of rotatable bonds is 2. The van der Waals surface area contributed by atoms with Gasteiger partial charge in [0, 0.05) is 18.8 Å². The van der Waals surface area contributed by atoms with Crippen LogP contribution in [0, 0.1) is 5.92 Å². The van der Waals surface area contributed by atoms with E-state index < -0.39 is 0 Å². The standard InChI is InChI=1S/C11H18O2/c1-9(12)8-10-6-4-2-3-5-7-11(10)13/h10H,2-8H2,1H3. The van der Waals surface area contributed by atoms with Crippen molar-refractivity contribution in [1.82, 2.24) is 0 Å². The maximum atomic E-state index is 11.6. The van der Waals surface area contributed by atoms with Crippen molar-refractivity contribution < 1.29 is 9.59 Å². The molecule has 0 amide bonds. The third-order valence-corrected chi connectivity index (χ3v) is 2.71. The lowest BCUT2D eigenvalue weighted by Crippen LogP contribution is -2.18. The summed E-state index contributed by atoms with van der Waals surface area (Å²) in [4.78, 5) is 22.5. The van der Waals surface area contributed by atoms with Gasteiger partial charge >= 0.3 is 0 Å². The van der Waals surface area contributed by atoms with Crippen LogP contribution in [0.4, 0.5) is 0 Å². The lowest BCUT2D eigenvalue weighted by atomic mass is 9.87.